The average Bonchev–Trinajstić information content (AvgIpc) is 2.44. The Morgan fingerprint density at radius 1 is 1.38 bits per heavy atom. The van der Waals surface area contributed by atoms with Gasteiger partial charge in [0.05, 0.1) is 23.1 Å². The molecule has 0 saturated carbocycles. The van der Waals surface area contributed by atoms with Crippen LogP contribution in [0.15, 0.2) is 29.1 Å². The summed E-state index contributed by atoms with van der Waals surface area (Å²) < 4.78 is 5.71. The van der Waals surface area contributed by atoms with Gasteiger partial charge in [-0.1, -0.05) is 12.1 Å². The number of H-pyrrole nitrogens is 1. The summed E-state index contributed by atoms with van der Waals surface area (Å²) in [4.78, 5) is 21.8. The van der Waals surface area contributed by atoms with Gasteiger partial charge in [-0.2, -0.15) is 0 Å². The fourth-order valence-corrected chi connectivity index (χ4v) is 2.82. The molecule has 2 aromatic rings. The summed E-state index contributed by atoms with van der Waals surface area (Å²) in [7, 11) is 0. The van der Waals surface area contributed by atoms with Gasteiger partial charge in [0.1, 0.15) is 5.82 Å². The number of hydrogen-bond acceptors (Lipinski definition) is 4. The van der Waals surface area contributed by atoms with E-state index >= 15 is 0 Å². The first-order valence-electron chi connectivity index (χ1n) is 7.38. The second-order valence-electron chi connectivity index (χ2n) is 6.16. The summed E-state index contributed by atoms with van der Waals surface area (Å²) in [6.45, 7) is 7.69. The Bertz CT molecular complexity index is 693. The molecule has 1 N–H and O–H groups in total. The molecule has 2 heterocycles. The van der Waals surface area contributed by atoms with Crippen LogP contribution in [0.5, 0.6) is 0 Å². The number of para-hydroxylation sites is 1. The maximum Gasteiger partial charge on any atom is 0.258 e. The molecule has 1 aromatic heterocycles. The van der Waals surface area contributed by atoms with E-state index < -0.39 is 0 Å². The Hall–Kier alpha value is -1.72. The van der Waals surface area contributed by atoms with Crippen molar-refractivity contribution in [1.82, 2.24) is 14.9 Å². The Kier molecular flexibility index (Phi) is 3.78. The summed E-state index contributed by atoms with van der Waals surface area (Å²) in [5.74, 6) is 0.753. The second kappa shape index (κ2) is 5.58. The van der Waals surface area contributed by atoms with Gasteiger partial charge in [0.15, 0.2) is 0 Å². The summed E-state index contributed by atoms with van der Waals surface area (Å²) in [5.41, 5.74) is 0.610. The molecule has 5 nitrogen and oxygen atoms in total. The Balaban J connectivity index is 1.72. The summed E-state index contributed by atoms with van der Waals surface area (Å²) >= 11 is 0. The minimum atomic E-state index is -0.0948. The highest BCUT2D eigenvalue weighted by atomic mass is 16.5. The maximum atomic E-state index is 12.0. The molecule has 1 saturated heterocycles. The molecule has 21 heavy (non-hydrogen) atoms. The number of morpholine rings is 1. The predicted molar refractivity (Wildman–Crippen MR) is 82.5 cm³/mol. The number of hydrogen-bond donors (Lipinski definition) is 1. The van der Waals surface area contributed by atoms with Gasteiger partial charge < -0.3 is 9.72 Å². The summed E-state index contributed by atoms with van der Waals surface area (Å²) in [5, 5.41) is 0.647. The number of nitrogens with zero attached hydrogens (tertiary/aromatic N) is 2. The van der Waals surface area contributed by atoms with Crippen molar-refractivity contribution in [3.8, 4) is 0 Å². The third-order valence-corrected chi connectivity index (χ3v) is 3.83. The van der Waals surface area contributed by atoms with Gasteiger partial charge in [-0.05, 0) is 26.0 Å². The largest absolute Gasteiger partial charge is 0.373 e. The molecular weight excluding hydrogens is 266 g/mol. The fraction of sp³-hybridized carbons (Fsp3) is 0.500. The van der Waals surface area contributed by atoms with E-state index in [4.69, 9.17) is 4.74 Å². The lowest BCUT2D eigenvalue weighted by atomic mass is 10.1. The van der Waals surface area contributed by atoms with Crippen LogP contribution in [0, 0.1) is 0 Å². The van der Waals surface area contributed by atoms with E-state index in [9.17, 15) is 4.79 Å². The average molecular weight is 287 g/mol. The van der Waals surface area contributed by atoms with Gasteiger partial charge in [0, 0.05) is 26.1 Å². The van der Waals surface area contributed by atoms with E-state index in [1.54, 1.807) is 6.07 Å². The van der Waals surface area contributed by atoms with E-state index in [1.165, 1.54) is 0 Å². The van der Waals surface area contributed by atoms with Crippen LogP contribution in [0.25, 0.3) is 10.9 Å². The molecule has 0 amide bonds. The molecular formula is C16H21N3O2. The lowest BCUT2D eigenvalue weighted by molar-refractivity contribution is -0.0856. The van der Waals surface area contributed by atoms with Crippen molar-refractivity contribution in [2.24, 2.45) is 0 Å². The van der Waals surface area contributed by atoms with Crippen LogP contribution >= 0.6 is 0 Å². The zero-order chi connectivity index (χ0) is 14.9. The van der Waals surface area contributed by atoms with Crippen LogP contribution in [0.3, 0.4) is 0 Å². The van der Waals surface area contributed by atoms with E-state index in [0.717, 1.165) is 44.0 Å². The van der Waals surface area contributed by atoms with E-state index in [0.29, 0.717) is 5.39 Å². The SMILES string of the molecule is CC1(C)CN(CCc2nc3ccccc3c(=O)[nH]2)CCO1. The molecule has 1 aliphatic rings. The second-order valence-corrected chi connectivity index (χ2v) is 6.16. The lowest BCUT2D eigenvalue weighted by Crippen LogP contribution is -2.48. The summed E-state index contributed by atoms with van der Waals surface area (Å²) in [6.07, 6.45) is 0.746. The van der Waals surface area contributed by atoms with E-state index in [-0.39, 0.29) is 11.2 Å². The first-order chi connectivity index (χ1) is 10.0. The van der Waals surface area contributed by atoms with Crippen LogP contribution < -0.4 is 5.56 Å². The monoisotopic (exact) mass is 287 g/mol. The summed E-state index contributed by atoms with van der Waals surface area (Å²) in [6, 6.07) is 7.44. The van der Waals surface area contributed by atoms with E-state index in [1.807, 2.05) is 18.2 Å². The van der Waals surface area contributed by atoms with Crippen molar-refractivity contribution in [3.63, 3.8) is 0 Å². The molecule has 5 heteroatoms. The number of aromatic nitrogens is 2. The highest BCUT2D eigenvalue weighted by Gasteiger charge is 2.26. The van der Waals surface area contributed by atoms with Crippen molar-refractivity contribution in [2.75, 3.05) is 26.2 Å². The number of rotatable bonds is 3. The molecule has 0 bridgehead atoms. The molecule has 0 unspecified atom stereocenters. The number of ether oxygens (including phenoxy) is 1. The number of fused-ring (bicyclic) bond motifs is 1. The van der Waals surface area contributed by atoms with Crippen LogP contribution in [-0.2, 0) is 11.2 Å². The standard InChI is InChI=1S/C16H21N3O2/c1-16(2)11-19(9-10-21-16)8-7-14-17-13-6-4-3-5-12(13)15(20)18-14/h3-6H,7-11H2,1-2H3,(H,17,18,20). The van der Waals surface area contributed by atoms with Crippen molar-refractivity contribution in [3.05, 3.63) is 40.4 Å². The zero-order valence-corrected chi connectivity index (χ0v) is 12.6. The zero-order valence-electron chi connectivity index (χ0n) is 12.6. The number of benzene rings is 1. The van der Waals surface area contributed by atoms with Gasteiger partial charge in [0.2, 0.25) is 0 Å². The van der Waals surface area contributed by atoms with Gasteiger partial charge in [-0.3, -0.25) is 9.69 Å². The van der Waals surface area contributed by atoms with Crippen LogP contribution in [0.4, 0.5) is 0 Å². The predicted octanol–water partition coefficient (Wildman–Crippen LogP) is 1.58. The minimum Gasteiger partial charge on any atom is -0.373 e. The third-order valence-electron chi connectivity index (χ3n) is 3.83. The molecule has 0 atom stereocenters. The van der Waals surface area contributed by atoms with Gasteiger partial charge in [0.25, 0.3) is 5.56 Å². The highest BCUT2D eigenvalue weighted by Crippen LogP contribution is 2.16. The normalized spacial score (nSPS) is 19.0. The fourth-order valence-electron chi connectivity index (χ4n) is 2.82. The molecule has 1 aliphatic heterocycles. The Labute approximate surface area is 124 Å². The van der Waals surface area contributed by atoms with Gasteiger partial charge in [-0.25, -0.2) is 4.98 Å². The van der Waals surface area contributed by atoms with Crippen molar-refractivity contribution < 1.29 is 4.74 Å². The van der Waals surface area contributed by atoms with Crippen LogP contribution in [0.1, 0.15) is 19.7 Å². The van der Waals surface area contributed by atoms with Crippen LogP contribution in [-0.4, -0.2) is 46.7 Å². The number of aromatic amines is 1. The molecule has 0 spiro atoms. The van der Waals surface area contributed by atoms with Crippen LogP contribution in [0.2, 0.25) is 0 Å². The quantitative estimate of drug-likeness (QED) is 0.931. The first kappa shape index (κ1) is 14.2. The van der Waals surface area contributed by atoms with Gasteiger partial charge >= 0.3 is 0 Å². The van der Waals surface area contributed by atoms with Gasteiger partial charge in [-0.15, -0.1) is 0 Å². The Morgan fingerprint density at radius 3 is 3.00 bits per heavy atom. The lowest BCUT2D eigenvalue weighted by Gasteiger charge is -2.38. The maximum absolute atomic E-state index is 12.0. The topological polar surface area (TPSA) is 58.2 Å². The highest BCUT2D eigenvalue weighted by molar-refractivity contribution is 5.77. The van der Waals surface area contributed by atoms with E-state index in [2.05, 4.69) is 28.7 Å². The molecule has 3 rings (SSSR count). The Morgan fingerprint density at radius 2 is 2.19 bits per heavy atom. The first-order valence-corrected chi connectivity index (χ1v) is 7.38. The van der Waals surface area contributed by atoms with Crippen molar-refractivity contribution in [2.45, 2.75) is 25.9 Å². The third kappa shape index (κ3) is 3.31. The van der Waals surface area contributed by atoms with Crippen molar-refractivity contribution in [1.29, 1.82) is 0 Å². The number of nitrogens with one attached hydrogen (secondary N) is 1. The molecule has 1 aromatic carbocycles. The molecule has 0 radical (unpaired) electrons. The molecule has 112 valence electrons. The molecule has 1 fully saturated rings. The molecule has 0 aliphatic carbocycles. The van der Waals surface area contributed by atoms with Crippen molar-refractivity contribution >= 4 is 10.9 Å². The smallest absolute Gasteiger partial charge is 0.258 e. The minimum absolute atomic E-state index is 0.0575.